The van der Waals surface area contributed by atoms with Crippen LogP contribution in [0, 0.1) is 0 Å². The number of carbonyl (C=O) groups is 1. The van der Waals surface area contributed by atoms with E-state index in [0.29, 0.717) is 26.2 Å². The standard InChI is InChI=1S/C17H28N4O4S/c1-4-21(5-2)26(24,25)15-8-9-16(22)20(12-15)13-17(23)19-10-6-7-14(11-19)18-3/h8-9,12,14,18H,4-7,10-11,13H2,1-3H3. The first-order valence-corrected chi connectivity index (χ1v) is 10.4. The molecule has 0 saturated carbocycles. The first kappa shape index (κ1) is 20.6. The van der Waals surface area contributed by atoms with Crippen molar-refractivity contribution < 1.29 is 13.2 Å². The molecular weight excluding hydrogens is 356 g/mol. The number of nitrogens with zero attached hydrogens (tertiary/aromatic N) is 3. The molecule has 1 aromatic rings. The lowest BCUT2D eigenvalue weighted by Gasteiger charge is -2.32. The maximum absolute atomic E-state index is 12.6. The van der Waals surface area contributed by atoms with Gasteiger partial charge in [-0.3, -0.25) is 9.59 Å². The van der Waals surface area contributed by atoms with Crippen LogP contribution < -0.4 is 10.9 Å². The van der Waals surface area contributed by atoms with Crippen LogP contribution in [0.3, 0.4) is 0 Å². The molecule has 1 N–H and O–H groups in total. The summed E-state index contributed by atoms with van der Waals surface area (Å²) in [5, 5.41) is 3.17. The Bertz CT molecular complexity index is 786. The Morgan fingerprint density at radius 1 is 1.31 bits per heavy atom. The molecule has 1 amide bonds. The lowest BCUT2D eigenvalue weighted by atomic mass is 10.1. The highest BCUT2D eigenvalue weighted by atomic mass is 32.2. The number of carbonyl (C=O) groups excluding carboxylic acids is 1. The Kier molecular flexibility index (Phi) is 6.96. The zero-order valence-electron chi connectivity index (χ0n) is 15.6. The van der Waals surface area contributed by atoms with Gasteiger partial charge < -0.3 is 14.8 Å². The van der Waals surface area contributed by atoms with E-state index in [1.165, 1.54) is 27.2 Å². The number of sulfonamides is 1. The topological polar surface area (TPSA) is 91.7 Å². The van der Waals surface area contributed by atoms with Crippen molar-refractivity contribution in [2.24, 2.45) is 0 Å². The van der Waals surface area contributed by atoms with Gasteiger partial charge in [0.1, 0.15) is 6.54 Å². The van der Waals surface area contributed by atoms with Gasteiger partial charge in [-0.2, -0.15) is 4.31 Å². The molecule has 1 aliphatic rings. The number of piperidine rings is 1. The molecule has 1 atom stereocenters. The monoisotopic (exact) mass is 384 g/mol. The number of likely N-dealkylation sites (tertiary alicyclic amines) is 1. The van der Waals surface area contributed by atoms with Gasteiger partial charge in [0.05, 0.1) is 4.90 Å². The Morgan fingerprint density at radius 3 is 2.62 bits per heavy atom. The second kappa shape index (κ2) is 8.79. The van der Waals surface area contributed by atoms with Crippen LogP contribution in [-0.4, -0.2) is 67.4 Å². The van der Waals surface area contributed by atoms with Gasteiger partial charge >= 0.3 is 0 Å². The van der Waals surface area contributed by atoms with E-state index in [1.54, 1.807) is 18.7 Å². The fourth-order valence-electron chi connectivity index (χ4n) is 3.18. The second-order valence-electron chi connectivity index (χ2n) is 6.39. The summed E-state index contributed by atoms with van der Waals surface area (Å²) in [5.41, 5.74) is -0.390. The Balaban J connectivity index is 2.22. The first-order valence-electron chi connectivity index (χ1n) is 8.99. The summed E-state index contributed by atoms with van der Waals surface area (Å²) in [6, 6.07) is 2.75. The van der Waals surface area contributed by atoms with E-state index in [0.717, 1.165) is 12.8 Å². The van der Waals surface area contributed by atoms with Crippen LogP contribution in [-0.2, 0) is 21.4 Å². The molecule has 2 rings (SSSR count). The number of aromatic nitrogens is 1. The Morgan fingerprint density at radius 2 is 2.00 bits per heavy atom. The van der Waals surface area contributed by atoms with E-state index in [1.807, 2.05) is 7.05 Å². The zero-order valence-corrected chi connectivity index (χ0v) is 16.5. The van der Waals surface area contributed by atoms with Gasteiger partial charge in [0.25, 0.3) is 5.56 Å². The number of likely N-dealkylation sites (N-methyl/N-ethyl adjacent to an activating group) is 1. The van der Waals surface area contributed by atoms with Crippen molar-refractivity contribution in [3.63, 3.8) is 0 Å². The highest BCUT2D eigenvalue weighted by molar-refractivity contribution is 7.89. The lowest BCUT2D eigenvalue weighted by Crippen LogP contribution is -2.48. The molecule has 0 radical (unpaired) electrons. The van der Waals surface area contributed by atoms with E-state index in [9.17, 15) is 18.0 Å². The molecule has 1 fully saturated rings. The molecule has 2 heterocycles. The summed E-state index contributed by atoms with van der Waals surface area (Å²) in [6.45, 7) is 5.30. The fourth-order valence-corrected chi connectivity index (χ4v) is 4.66. The fraction of sp³-hybridized carbons (Fsp3) is 0.647. The Hall–Kier alpha value is -1.71. The molecule has 146 valence electrons. The molecule has 1 saturated heterocycles. The third-order valence-electron chi connectivity index (χ3n) is 4.79. The predicted molar refractivity (Wildman–Crippen MR) is 99.5 cm³/mol. The van der Waals surface area contributed by atoms with E-state index in [4.69, 9.17) is 0 Å². The highest BCUT2D eigenvalue weighted by Gasteiger charge is 2.25. The van der Waals surface area contributed by atoms with E-state index in [-0.39, 0.29) is 28.9 Å². The van der Waals surface area contributed by atoms with Crippen molar-refractivity contribution in [1.29, 1.82) is 0 Å². The number of amides is 1. The van der Waals surface area contributed by atoms with Crippen LogP contribution in [0.25, 0.3) is 0 Å². The molecule has 9 heteroatoms. The van der Waals surface area contributed by atoms with Crippen LogP contribution >= 0.6 is 0 Å². The smallest absolute Gasteiger partial charge is 0.251 e. The molecule has 0 aromatic carbocycles. The summed E-state index contributed by atoms with van der Waals surface area (Å²) in [6.07, 6.45) is 3.19. The van der Waals surface area contributed by atoms with Crippen LogP contribution in [0.5, 0.6) is 0 Å². The number of rotatable bonds is 7. The molecule has 0 aliphatic carbocycles. The van der Waals surface area contributed by atoms with Gasteiger partial charge in [-0.1, -0.05) is 13.8 Å². The van der Waals surface area contributed by atoms with E-state index < -0.39 is 10.0 Å². The molecule has 0 bridgehead atoms. The van der Waals surface area contributed by atoms with Crippen LogP contribution in [0.1, 0.15) is 26.7 Å². The second-order valence-corrected chi connectivity index (χ2v) is 8.33. The van der Waals surface area contributed by atoms with Crippen molar-refractivity contribution in [3.8, 4) is 0 Å². The number of hydrogen-bond donors (Lipinski definition) is 1. The molecule has 1 aromatic heterocycles. The van der Waals surface area contributed by atoms with Gasteiger partial charge in [-0.15, -0.1) is 0 Å². The van der Waals surface area contributed by atoms with Crippen LogP contribution in [0.15, 0.2) is 28.0 Å². The molecule has 1 unspecified atom stereocenters. The van der Waals surface area contributed by atoms with Gasteiger partial charge in [0.15, 0.2) is 0 Å². The highest BCUT2D eigenvalue weighted by Crippen LogP contribution is 2.14. The van der Waals surface area contributed by atoms with Gasteiger partial charge in [0.2, 0.25) is 15.9 Å². The molecule has 8 nitrogen and oxygen atoms in total. The van der Waals surface area contributed by atoms with Crippen molar-refractivity contribution in [3.05, 3.63) is 28.7 Å². The quantitative estimate of drug-likeness (QED) is 0.719. The van der Waals surface area contributed by atoms with Crippen molar-refractivity contribution >= 4 is 15.9 Å². The zero-order chi connectivity index (χ0) is 19.3. The average molecular weight is 385 g/mol. The van der Waals surface area contributed by atoms with Gasteiger partial charge in [-0.05, 0) is 26.0 Å². The minimum atomic E-state index is -3.68. The van der Waals surface area contributed by atoms with Gasteiger partial charge in [0, 0.05) is 44.5 Å². The number of nitrogens with one attached hydrogen (secondary N) is 1. The molecular formula is C17H28N4O4S. The van der Waals surface area contributed by atoms with Crippen molar-refractivity contribution in [2.75, 3.05) is 33.2 Å². The third-order valence-corrected chi connectivity index (χ3v) is 6.82. The lowest BCUT2D eigenvalue weighted by molar-refractivity contribution is -0.133. The molecule has 26 heavy (non-hydrogen) atoms. The van der Waals surface area contributed by atoms with Crippen LogP contribution in [0.2, 0.25) is 0 Å². The first-order chi connectivity index (χ1) is 12.3. The number of hydrogen-bond acceptors (Lipinski definition) is 5. The van der Waals surface area contributed by atoms with E-state index in [2.05, 4.69) is 5.32 Å². The Labute approximate surface area is 154 Å². The maximum atomic E-state index is 12.6. The summed E-state index contributed by atoms with van der Waals surface area (Å²) in [5.74, 6) is -0.176. The summed E-state index contributed by atoms with van der Waals surface area (Å²) in [4.78, 5) is 26.4. The minimum absolute atomic E-state index is 0.0281. The predicted octanol–water partition coefficient (Wildman–Crippen LogP) is 0.0892. The largest absolute Gasteiger partial charge is 0.340 e. The normalized spacial score (nSPS) is 18.3. The van der Waals surface area contributed by atoms with Crippen molar-refractivity contribution in [2.45, 2.75) is 44.2 Å². The van der Waals surface area contributed by atoms with Gasteiger partial charge in [-0.25, -0.2) is 8.42 Å². The maximum Gasteiger partial charge on any atom is 0.251 e. The summed E-state index contributed by atoms with van der Waals surface area (Å²) in [7, 11) is -1.81. The van der Waals surface area contributed by atoms with Crippen LogP contribution in [0.4, 0.5) is 0 Å². The average Bonchev–Trinajstić information content (AvgIpc) is 2.64. The third kappa shape index (κ3) is 4.52. The number of pyridine rings is 1. The summed E-state index contributed by atoms with van der Waals surface area (Å²) < 4.78 is 27.8. The van der Waals surface area contributed by atoms with E-state index >= 15 is 0 Å². The summed E-state index contributed by atoms with van der Waals surface area (Å²) >= 11 is 0. The molecule has 1 aliphatic heterocycles. The SMILES string of the molecule is CCN(CC)S(=O)(=O)c1ccc(=O)n(CC(=O)N2CCCC(NC)C2)c1. The minimum Gasteiger partial charge on any atom is -0.340 e. The molecule has 0 spiro atoms. The van der Waals surface area contributed by atoms with Crippen molar-refractivity contribution in [1.82, 2.24) is 19.1 Å².